The molecule has 25 heavy (non-hydrogen) atoms. The van der Waals surface area contributed by atoms with Gasteiger partial charge in [0, 0.05) is 30.5 Å². The van der Waals surface area contributed by atoms with Gasteiger partial charge in [-0.05, 0) is 38.3 Å². The zero-order valence-corrected chi connectivity index (χ0v) is 14.5. The van der Waals surface area contributed by atoms with E-state index >= 15 is 0 Å². The minimum absolute atomic E-state index is 0.152. The summed E-state index contributed by atoms with van der Waals surface area (Å²) < 4.78 is 0. The number of pyridine rings is 1. The first-order chi connectivity index (χ1) is 12.0. The molecule has 1 N–H and O–H groups in total. The smallest absolute Gasteiger partial charge is 0.308 e. The topological polar surface area (TPSA) is 70.5 Å². The predicted molar refractivity (Wildman–Crippen MR) is 95.3 cm³/mol. The van der Waals surface area contributed by atoms with E-state index in [1.165, 1.54) is 0 Å². The first-order valence-corrected chi connectivity index (χ1v) is 8.53. The van der Waals surface area contributed by atoms with E-state index in [0.29, 0.717) is 24.9 Å². The number of carbonyl (C=O) groups is 2. The van der Waals surface area contributed by atoms with E-state index in [9.17, 15) is 14.7 Å². The van der Waals surface area contributed by atoms with Gasteiger partial charge < -0.3 is 10.0 Å². The molecule has 0 spiro atoms. The second kappa shape index (κ2) is 7.05. The second-order valence-corrected chi connectivity index (χ2v) is 6.66. The maximum Gasteiger partial charge on any atom is 0.308 e. The average Bonchev–Trinajstić information content (AvgIpc) is 2.61. The van der Waals surface area contributed by atoms with Crippen molar-refractivity contribution >= 4 is 11.9 Å². The molecule has 1 aliphatic heterocycles. The first kappa shape index (κ1) is 17.1. The molecule has 1 aliphatic rings. The van der Waals surface area contributed by atoms with E-state index in [0.717, 1.165) is 16.7 Å². The third-order valence-electron chi connectivity index (χ3n) is 4.90. The molecule has 1 aromatic carbocycles. The summed E-state index contributed by atoms with van der Waals surface area (Å²) >= 11 is 0. The van der Waals surface area contributed by atoms with Crippen LogP contribution in [0.5, 0.6) is 0 Å². The molecule has 0 saturated carbocycles. The molecule has 1 saturated heterocycles. The number of amides is 1. The van der Waals surface area contributed by atoms with Crippen LogP contribution in [-0.2, 0) is 4.79 Å². The molecule has 5 nitrogen and oxygen atoms in total. The predicted octanol–water partition coefficient (Wildman–Crippen LogP) is 3.38. The molecule has 1 fully saturated rings. The molecule has 1 aromatic heterocycles. The molecule has 130 valence electrons. The van der Waals surface area contributed by atoms with E-state index in [-0.39, 0.29) is 11.9 Å². The van der Waals surface area contributed by atoms with Crippen LogP contribution in [0.15, 0.2) is 42.7 Å². The molecule has 5 heteroatoms. The number of aliphatic carboxylic acids is 1. The molecule has 1 amide bonds. The van der Waals surface area contributed by atoms with Crippen LogP contribution >= 0.6 is 0 Å². The maximum absolute atomic E-state index is 12.9. The fourth-order valence-corrected chi connectivity index (χ4v) is 3.47. The van der Waals surface area contributed by atoms with Gasteiger partial charge in [0.2, 0.25) is 0 Å². The zero-order valence-electron chi connectivity index (χ0n) is 14.5. The summed E-state index contributed by atoms with van der Waals surface area (Å²) in [5, 5.41) is 9.35. The van der Waals surface area contributed by atoms with Crippen molar-refractivity contribution < 1.29 is 14.7 Å². The maximum atomic E-state index is 12.9. The largest absolute Gasteiger partial charge is 0.481 e. The Morgan fingerprint density at radius 1 is 1.20 bits per heavy atom. The van der Waals surface area contributed by atoms with Gasteiger partial charge in [-0.25, -0.2) is 0 Å². The third kappa shape index (κ3) is 3.55. The molecule has 2 aromatic rings. The highest BCUT2D eigenvalue weighted by Crippen LogP contribution is 2.26. The van der Waals surface area contributed by atoms with Crippen LogP contribution in [0.4, 0.5) is 0 Å². The van der Waals surface area contributed by atoms with Gasteiger partial charge in [0.25, 0.3) is 5.91 Å². The number of hydrogen-bond acceptors (Lipinski definition) is 3. The summed E-state index contributed by atoms with van der Waals surface area (Å²) in [7, 11) is 0. The number of aryl methyl sites for hydroxylation is 1. The number of carboxylic acid groups (broad SMARTS) is 1. The first-order valence-electron chi connectivity index (χ1n) is 8.53. The minimum atomic E-state index is -0.836. The highest BCUT2D eigenvalue weighted by Gasteiger charge is 2.35. The van der Waals surface area contributed by atoms with Crippen molar-refractivity contribution in [2.24, 2.45) is 5.92 Å². The van der Waals surface area contributed by atoms with Crippen LogP contribution < -0.4 is 0 Å². The number of carbonyl (C=O) groups excluding carboxylic acids is 1. The lowest BCUT2D eigenvalue weighted by molar-refractivity contribution is -0.144. The Bertz CT molecular complexity index is 803. The Morgan fingerprint density at radius 3 is 2.72 bits per heavy atom. The van der Waals surface area contributed by atoms with E-state index in [2.05, 4.69) is 11.1 Å². The number of rotatable bonds is 3. The third-order valence-corrected chi connectivity index (χ3v) is 4.90. The van der Waals surface area contributed by atoms with E-state index < -0.39 is 11.9 Å². The van der Waals surface area contributed by atoms with Gasteiger partial charge in [-0.1, -0.05) is 29.8 Å². The Morgan fingerprint density at radius 2 is 2.00 bits per heavy atom. The van der Waals surface area contributed by atoms with Gasteiger partial charge in [-0.3, -0.25) is 14.6 Å². The lowest BCUT2D eigenvalue weighted by atomic mass is 9.90. The van der Waals surface area contributed by atoms with Crippen molar-refractivity contribution in [3.05, 3.63) is 53.9 Å². The van der Waals surface area contributed by atoms with Crippen molar-refractivity contribution in [2.45, 2.75) is 32.7 Å². The van der Waals surface area contributed by atoms with E-state index in [4.69, 9.17) is 0 Å². The monoisotopic (exact) mass is 338 g/mol. The van der Waals surface area contributed by atoms with Gasteiger partial charge >= 0.3 is 5.97 Å². The Hall–Kier alpha value is -2.69. The van der Waals surface area contributed by atoms with E-state index in [1.54, 1.807) is 17.3 Å². The second-order valence-electron chi connectivity index (χ2n) is 6.66. The van der Waals surface area contributed by atoms with Gasteiger partial charge in [0.1, 0.15) is 0 Å². The molecule has 0 aliphatic carbocycles. The van der Waals surface area contributed by atoms with Gasteiger partial charge in [-0.2, -0.15) is 0 Å². The minimum Gasteiger partial charge on any atom is -0.481 e. The summed E-state index contributed by atoms with van der Waals surface area (Å²) in [5.41, 5.74) is 3.53. The molecule has 3 rings (SSSR count). The van der Waals surface area contributed by atoms with Gasteiger partial charge in [-0.15, -0.1) is 0 Å². The fourth-order valence-electron chi connectivity index (χ4n) is 3.47. The lowest BCUT2D eigenvalue weighted by Crippen LogP contribution is -2.49. The number of carboxylic acids is 1. The summed E-state index contributed by atoms with van der Waals surface area (Å²) in [5.74, 6) is -1.50. The number of aromatic nitrogens is 1. The summed E-state index contributed by atoms with van der Waals surface area (Å²) in [6, 6.07) is 9.55. The van der Waals surface area contributed by atoms with Crippen LogP contribution in [0.25, 0.3) is 11.1 Å². The molecule has 0 radical (unpaired) electrons. The Labute approximate surface area is 147 Å². The van der Waals surface area contributed by atoms with Crippen molar-refractivity contribution in [3.8, 4) is 11.1 Å². The van der Waals surface area contributed by atoms with Crippen molar-refractivity contribution in [1.82, 2.24) is 9.88 Å². The highest BCUT2D eigenvalue weighted by atomic mass is 16.4. The van der Waals surface area contributed by atoms with Crippen molar-refractivity contribution in [3.63, 3.8) is 0 Å². The van der Waals surface area contributed by atoms with Crippen LogP contribution in [0.1, 0.15) is 35.7 Å². The van der Waals surface area contributed by atoms with Crippen molar-refractivity contribution in [2.75, 3.05) is 6.54 Å². The molecule has 2 atom stereocenters. The number of likely N-dealkylation sites (tertiary alicyclic amines) is 1. The summed E-state index contributed by atoms with van der Waals surface area (Å²) in [6.07, 6.45) is 4.61. The summed E-state index contributed by atoms with van der Waals surface area (Å²) in [4.78, 5) is 30.2. The normalized spacial score (nSPS) is 20.3. The average molecular weight is 338 g/mol. The standard InChI is InChI=1S/C20H22N2O3/c1-13-5-3-6-15(9-13)16-10-17(12-21-11-16)19(23)22-8-4-7-18(14(22)2)20(24)25/h3,5-6,9-12,14,18H,4,7-8H2,1-2H3,(H,24,25)/t14-,18-/m1/s1. The summed E-state index contributed by atoms with van der Waals surface area (Å²) in [6.45, 7) is 4.42. The lowest BCUT2D eigenvalue weighted by Gasteiger charge is -2.37. The fraction of sp³-hybridized carbons (Fsp3) is 0.350. The number of benzene rings is 1. The van der Waals surface area contributed by atoms with Crippen molar-refractivity contribution in [1.29, 1.82) is 0 Å². The number of hydrogen-bond donors (Lipinski definition) is 1. The Balaban J connectivity index is 1.88. The van der Waals surface area contributed by atoms with E-state index in [1.807, 2.05) is 38.1 Å². The van der Waals surface area contributed by atoms with Crippen LogP contribution in [0.2, 0.25) is 0 Å². The zero-order chi connectivity index (χ0) is 18.0. The molecule has 2 heterocycles. The molecule has 0 unspecified atom stereocenters. The Kier molecular flexibility index (Phi) is 4.83. The van der Waals surface area contributed by atoms with Crippen LogP contribution in [0.3, 0.4) is 0 Å². The van der Waals surface area contributed by atoms with Gasteiger partial charge in [0.05, 0.1) is 11.5 Å². The van der Waals surface area contributed by atoms with Crippen LogP contribution in [-0.4, -0.2) is 39.5 Å². The number of piperidine rings is 1. The molecule has 0 bridgehead atoms. The SMILES string of the molecule is Cc1cccc(-c2cncc(C(=O)N3CCC[C@@H](C(=O)O)[C@H]3C)c2)c1. The van der Waals surface area contributed by atoms with Gasteiger partial charge in [0.15, 0.2) is 0 Å². The quantitative estimate of drug-likeness (QED) is 0.931. The highest BCUT2D eigenvalue weighted by molar-refractivity contribution is 5.95. The van der Waals surface area contributed by atoms with Crippen LogP contribution in [0, 0.1) is 12.8 Å². The molecular weight excluding hydrogens is 316 g/mol. The number of nitrogens with zero attached hydrogens (tertiary/aromatic N) is 2. The molecular formula is C20H22N2O3.